The van der Waals surface area contributed by atoms with Crippen LogP contribution < -0.4 is 0 Å². The van der Waals surface area contributed by atoms with Crippen molar-refractivity contribution in [2.45, 2.75) is 105 Å². The Morgan fingerprint density at radius 1 is 0.489 bits per heavy atom. The van der Waals surface area contributed by atoms with Gasteiger partial charge in [-0.05, 0) is 119 Å². The molecular formula is C44H52Si. The summed E-state index contributed by atoms with van der Waals surface area (Å²) >= 11 is 0. The highest BCUT2D eigenvalue weighted by Gasteiger charge is 2.43. The molecule has 0 unspecified atom stereocenters. The van der Waals surface area contributed by atoms with E-state index in [1.165, 1.54) is 106 Å². The average molecular weight is 609 g/mol. The number of allylic oxidation sites excluding steroid dienone is 2. The van der Waals surface area contributed by atoms with E-state index in [1.54, 1.807) is 21.5 Å². The van der Waals surface area contributed by atoms with Gasteiger partial charge in [0.25, 0.3) is 0 Å². The highest BCUT2D eigenvalue weighted by Crippen LogP contribution is 2.48. The summed E-state index contributed by atoms with van der Waals surface area (Å²) in [5.74, 6) is 0. The minimum Gasteiger partial charge on any atom is -0.0709 e. The molecule has 6 rings (SSSR count). The van der Waals surface area contributed by atoms with E-state index < -0.39 is 8.07 Å². The molecular weight excluding hydrogens is 557 g/mol. The molecule has 0 saturated heterocycles. The second kappa shape index (κ2) is 13.5. The first-order valence-electron chi connectivity index (χ1n) is 17.7. The molecule has 0 amide bonds. The van der Waals surface area contributed by atoms with Crippen LogP contribution >= 0.6 is 0 Å². The molecule has 0 radical (unpaired) electrons. The van der Waals surface area contributed by atoms with Crippen molar-refractivity contribution in [2.24, 2.45) is 0 Å². The molecule has 0 N–H and O–H groups in total. The first-order chi connectivity index (χ1) is 21.9. The molecule has 1 heteroatoms. The quantitative estimate of drug-likeness (QED) is 0.111. The number of benzene rings is 4. The predicted octanol–water partition coefficient (Wildman–Crippen LogP) is 12.7. The van der Waals surface area contributed by atoms with E-state index in [4.69, 9.17) is 0 Å². The Morgan fingerprint density at radius 3 is 1.31 bits per heavy atom. The van der Waals surface area contributed by atoms with Gasteiger partial charge < -0.3 is 0 Å². The maximum atomic E-state index is 2.71. The van der Waals surface area contributed by atoms with Gasteiger partial charge in [0.1, 0.15) is 8.07 Å². The van der Waals surface area contributed by atoms with Crippen LogP contribution in [-0.4, -0.2) is 8.07 Å². The van der Waals surface area contributed by atoms with Crippen LogP contribution in [0, 0.1) is 27.7 Å². The molecule has 0 bridgehead atoms. The van der Waals surface area contributed by atoms with Gasteiger partial charge in [-0.1, -0.05) is 148 Å². The normalized spacial score (nSPS) is 13.9. The Labute approximate surface area is 274 Å². The lowest BCUT2D eigenvalue weighted by atomic mass is 9.92. The van der Waals surface area contributed by atoms with Crippen molar-refractivity contribution < 1.29 is 0 Å². The topological polar surface area (TPSA) is 0 Å². The zero-order chi connectivity index (χ0) is 31.6. The maximum Gasteiger partial charge on any atom is 0.109 e. The smallest absolute Gasteiger partial charge is 0.0709 e. The SMILES string of the molecule is CCCCC[Si](CCCCC)(C1=Cc2c(cccc2-c2cccc(C)c2C)C1)C1=Cc2c(cccc2-c2cccc(C)c2C)C1. The van der Waals surface area contributed by atoms with Crippen molar-refractivity contribution in [3.63, 3.8) is 0 Å². The molecule has 0 aromatic heterocycles. The van der Waals surface area contributed by atoms with Crippen molar-refractivity contribution in [3.8, 4) is 22.3 Å². The van der Waals surface area contributed by atoms with Gasteiger partial charge in [-0.25, -0.2) is 0 Å². The van der Waals surface area contributed by atoms with Crippen LogP contribution in [0.5, 0.6) is 0 Å². The first-order valence-corrected chi connectivity index (χ1v) is 20.1. The Morgan fingerprint density at radius 2 is 0.889 bits per heavy atom. The highest BCUT2D eigenvalue weighted by atomic mass is 28.3. The molecule has 4 aromatic carbocycles. The van der Waals surface area contributed by atoms with E-state index in [9.17, 15) is 0 Å². The van der Waals surface area contributed by atoms with Crippen molar-refractivity contribution in [1.82, 2.24) is 0 Å². The summed E-state index contributed by atoms with van der Waals surface area (Å²) in [7, 11) is -1.97. The minimum absolute atomic E-state index is 1.13. The summed E-state index contributed by atoms with van der Waals surface area (Å²) < 4.78 is 0. The highest BCUT2D eigenvalue weighted by molar-refractivity contribution is 6.94. The number of fused-ring (bicyclic) bond motifs is 2. The van der Waals surface area contributed by atoms with E-state index in [2.05, 4.69) is 126 Å². The summed E-state index contributed by atoms with van der Waals surface area (Å²) in [6, 6.07) is 30.6. The third kappa shape index (κ3) is 5.97. The van der Waals surface area contributed by atoms with Crippen LogP contribution in [0.15, 0.2) is 83.2 Å². The van der Waals surface area contributed by atoms with Crippen molar-refractivity contribution in [3.05, 3.63) is 128 Å². The summed E-state index contributed by atoms with van der Waals surface area (Å²) in [6.07, 6.45) is 15.6. The fourth-order valence-corrected chi connectivity index (χ4v) is 13.8. The van der Waals surface area contributed by atoms with Gasteiger partial charge in [-0.15, -0.1) is 0 Å². The van der Waals surface area contributed by atoms with Crippen LogP contribution in [0.2, 0.25) is 12.1 Å². The Kier molecular flexibility index (Phi) is 9.48. The monoisotopic (exact) mass is 608 g/mol. The second-order valence-electron chi connectivity index (χ2n) is 13.9. The molecule has 4 aromatic rings. The number of hydrogen-bond acceptors (Lipinski definition) is 0. The van der Waals surface area contributed by atoms with E-state index in [0.29, 0.717) is 0 Å². The van der Waals surface area contributed by atoms with Crippen molar-refractivity contribution in [2.75, 3.05) is 0 Å². The average Bonchev–Trinajstić information content (AvgIpc) is 3.69. The molecule has 232 valence electrons. The third-order valence-electron chi connectivity index (χ3n) is 11.2. The van der Waals surface area contributed by atoms with Gasteiger partial charge in [0.2, 0.25) is 0 Å². The molecule has 45 heavy (non-hydrogen) atoms. The van der Waals surface area contributed by atoms with E-state index in [0.717, 1.165) is 12.8 Å². The van der Waals surface area contributed by atoms with Crippen LogP contribution in [0.25, 0.3) is 34.4 Å². The molecule has 0 aliphatic heterocycles. The van der Waals surface area contributed by atoms with Crippen molar-refractivity contribution >= 4 is 20.2 Å². The molecule has 0 saturated carbocycles. The Balaban J connectivity index is 1.50. The summed E-state index contributed by atoms with van der Waals surface area (Å²) in [4.78, 5) is 0. The summed E-state index contributed by atoms with van der Waals surface area (Å²) in [6.45, 7) is 13.8. The van der Waals surface area contributed by atoms with Gasteiger partial charge in [-0.2, -0.15) is 0 Å². The van der Waals surface area contributed by atoms with Crippen molar-refractivity contribution in [1.29, 1.82) is 0 Å². The summed E-state index contributed by atoms with van der Waals surface area (Å²) in [5.41, 5.74) is 17.3. The lowest BCUT2D eigenvalue weighted by Gasteiger charge is -2.36. The number of hydrogen-bond donors (Lipinski definition) is 0. The number of unbranched alkanes of at least 4 members (excludes halogenated alkanes) is 4. The minimum atomic E-state index is -1.97. The fraction of sp³-hybridized carbons (Fsp3) is 0.364. The van der Waals surface area contributed by atoms with Gasteiger partial charge in [0.15, 0.2) is 0 Å². The fourth-order valence-electron chi connectivity index (χ4n) is 8.23. The number of rotatable bonds is 12. The standard InChI is InChI=1S/C44H52Si/c1-7-9-11-25-45(26-12-10-8-2,37-27-35-19-15-23-41(43(35)29-37)39-21-13-17-31(3)33(39)5)38-28-36-20-16-24-42(44(36)30-38)40-22-14-18-32(4)34(40)6/h13-24,29-30H,7-12,25-28H2,1-6H3. The van der Waals surface area contributed by atoms with Crippen LogP contribution in [-0.2, 0) is 12.8 Å². The van der Waals surface area contributed by atoms with E-state index in [1.807, 2.05) is 0 Å². The Bertz CT molecular complexity index is 1630. The van der Waals surface area contributed by atoms with Gasteiger partial charge in [-0.3, -0.25) is 0 Å². The number of aryl methyl sites for hydroxylation is 2. The largest absolute Gasteiger partial charge is 0.109 e. The van der Waals surface area contributed by atoms with E-state index in [-0.39, 0.29) is 0 Å². The first kappa shape index (κ1) is 31.6. The molecule has 0 nitrogen and oxygen atoms in total. The molecule has 2 aliphatic carbocycles. The Hall–Kier alpha value is -3.42. The molecule has 2 aliphatic rings. The van der Waals surface area contributed by atoms with E-state index >= 15 is 0 Å². The van der Waals surface area contributed by atoms with Gasteiger partial charge in [0.05, 0.1) is 0 Å². The molecule has 0 fully saturated rings. The van der Waals surface area contributed by atoms with Gasteiger partial charge in [0, 0.05) is 0 Å². The zero-order valence-corrected chi connectivity index (χ0v) is 29.7. The molecule has 0 spiro atoms. The van der Waals surface area contributed by atoms with Crippen LogP contribution in [0.3, 0.4) is 0 Å². The molecule has 0 atom stereocenters. The van der Waals surface area contributed by atoms with Crippen LogP contribution in [0.4, 0.5) is 0 Å². The predicted molar refractivity (Wildman–Crippen MR) is 200 cm³/mol. The van der Waals surface area contributed by atoms with Crippen LogP contribution in [0.1, 0.15) is 96.9 Å². The maximum absolute atomic E-state index is 2.71. The lowest BCUT2D eigenvalue weighted by molar-refractivity contribution is 0.739. The lowest BCUT2D eigenvalue weighted by Crippen LogP contribution is -2.40. The molecule has 0 heterocycles. The zero-order valence-electron chi connectivity index (χ0n) is 28.7. The summed E-state index contributed by atoms with van der Waals surface area (Å²) in [5, 5.41) is 3.60. The second-order valence-corrected chi connectivity index (χ2v) is 18.4. The van der Waals surface area contributed by atoms with Gasteiger partial charge >= 0.3 is 0 Å². The third-order valence-corrected chi connectivity index (χ3v) is 16.7.